The standard InChI is InChI=1S/C10H12N2O.C9H12.2C8H11N.2C7H10N2.C6H9N3/c1-7(2)12-6-9-8(10(12)13)4-3-5-11-9;1-8(2)9-6-4-3-5-7-9;1-7(2)8-4-3-5-9-6-8;1-7(2)8-5-3-4-6-9-8;1-6(2)7-5-8-3-4-9-7;1-6(2)7-4-3-5-8-9-7;1-5(2)6-7-3-4-8-9-6/h3-5,7H,6H2,1-2H3;3-8H,1-2H3;2*3-7H,1-2H3;2*3-6H,1-2H3;3-5H,1-2H3. The van der Waals surface area contributed by atoms with Gasteiger partial charge in [-0.1, -0.05) is 126 Å². The van der Waals surface area contributed by atoms with Gasteiger partial charge in [0.25, 0.3) is 5.91 Å². The van der Waals surface area contributed by atoms with E-state index in [1.807, 2.05) is 93.5 Å². The van der Waals surface area contributed by atoms with Crippen molar-refractivity contribution in [2.45, 2.75) is 145 Å². The van der Waals surface area contributed by atoms with Crippen LogP contribution in [0.4, 0.5) is 0 Å². The highest BCUT2D eigenvalue weighted by Crippen LogP contribution is 2.22. The van der Waals surface area contributed by atoms with Gasteiger partial charge in [0.05, 0.1) is 35.4 Å². The third-order valence-corrected chi connectivity index (χ3v) is 9.80. The van der Waals surface area contributed by atoms with Gasteiger partial charge in [-0.2, -0.15) is 15.3 Å². The van der Waals surface area contributed by atoms with Crippen LogP contribution in [0.15, 0.2) is 147 Å². The fourth-order valence-electron chi connectivity index (χ4n) is 5.59. The second-order valence-corrected chi connectivity index (χ2v) is 17.7. The van der Waals surface area contributed by atoms with E-state index in [9.17, 15) is 4.79 Å². The molecular weight excluding hydrogens is 831 g/mol. The van der Waals surface area contributed by atoms with Crippen molar-refractivity contribution >= 4 is 5.91 Å². The van der Waals surface area contributed by atoms with Gasteiger partial charge in [0.1, 0.15) is 0 Å². The van der Waals surface area contributed by atoms with E-state index in [2.05, 4.69) is 150 Å². The summed E-state index contributed by atoms with van der Waals surface area (Å²) < 4.78 is 0. The van der Waals surface area contributed by atoms with Gasteiger partial charge in [-0.3, -0.25) is 29.7 Å². The topological polar surface area (TPSA) is 149 Å². The predicted octanol–water partition coefficient (Wildman–Crippen LogP) is 12.9. The lowest BCUT2D eigenvalue weighted by atomic mass is 10.0. The normalized spacial score (nSPS) is 11.1. The van der Waals surface area contributed by atoms with Crippen molar-refractivity contribution < 1.29 is 4.79 Å². The number of carbonyl (C=O) groups is 1. The Morgan fingerprint density at radius 1 is 0.418 bits per heavy atom. The predicted molar refractivity (Wildman–Crippen MR) is 273 cm³/mol. The molecule has 0 unspecified atom stereocenters. The van der Waals surface area contributed by atoms with Crippen LogP contribution < -0.4 is 0 Å². The highest BCUT2D eigenvalue weighted by atomic mass is 16.2. The summed E-state index contributed by atoms with van der Waals surface area (Å²) in [4.78, 5) is 38.0. The number of carbonyl (C=O) groups excluding carboxylic acids is 1. The molecule has 356 valence electrons. The minimum atomic E-state index is 0.109. The van der Waals surface area contributed by atoms with Crippen LogP contribution in [0.3, 0.4) is 0 Å². The van der Waals surface area contributed by atoms with Gasteiger partial charge < -0.3 is 4.90 Å². The Hall–Kier alpha value is -6.69. The van der Waals surface area contributed by atoms with Crippen LogP contribution in [0.5, 0.6) is 0 Å². The molecule has 1 aromatic carbocycles. The molecule has 0 aliphatic carbocycles. The van der Waals surface area contributed by atoms with Gasteiger partial charge in [-0.25, -0.2) is 4.98 Å². The quantitative estimate of drug-likeness (QED) is 0.150. The van der Waals surface area contributed by atoms with Crippen molar-refractivity contribution in [2.24, 2.45) is 0 Å². The summed E-state index contributed by atoms with van der Waals surface area (Å²) in [6.45, 7) is 30.2. The summed E-state index contributed by atoms with van der Waals surface area (Å²) in [5.74, 6) is 4.06. The molecule has 0 bridgehead atoms. The Kier molecular flexibility index (Phi) is 27.0. The van der Waals surface area contributed by atoms with Gasteiger partial charge in [0.15, 0.2) is 5.82 Å². The van der Waals surface area contributed by atoms with Crippen LogP contribution in [0.25, 0.3) is 0 Å². The number of hydrogen-bond acceptors (Lipinski definition) is 11. The highest BCUT2D eigenvalue weighted by Gasteiger charge is 2.29. The number of rotatable bonds is 7. The van der Waals surface area contributed by atoms with Crippen LogP contribution in [0.1, 0.15) is 183 Å². The molecule has 1 aliphatic rings. The molecule has 7 aromatic rings. The molecule has 0 radical (unpaired) electrons. The van der Waals surface area contributed by atoms with E-state index in [1.54, 1.807) is 55.6 Å². The summed E-state index contributed by atoms with van der Waals surface area (Å²) in [6.07, 6.45) is 17.4. The number of hydrogen-bond donors (Lipinski definition) is 0. The zero-order valence-corrected chi connectivity index (χ0v) is 42.4. The minimum Gasteiger partial charge on any atom is -0.330 e. The first-order valence-corrected chi connectivity index (χ1v) is 23.3. The van der Waals surface area contributed by atoms with Crippen molar-refractivity contribution in [3.8, 4) is 0 Å². The number of fused-ring (bicyclic) bond motifs is 1. The zero-order chi connectivity index (χ0) is 49.6. The first-order chi connectivity index (χ1) is 32.0. The molecule has 1 aliphatic heterocycles. The zero-order valence-electron chi connectivity index (χ0n) is 42.4. The van der Waals surface area contributed by atoms with E-state index in [0.717, 1.165) is 34.2 Å². The van der Waals surface area contributed by atoms with Gasteiger partial charge in [-0.05, 0) is 97.0 Å². The minimum absolute atomic E-state index is 0.109. The molecule has 12 nitrogen and oxygen atoms in total. The maximum atomic E-state index is 11.7. The van der Waals surface area contributed by atoms with Crippen molar-refractivity contribution in [1.82, 2.24) is 55.2 Å². The summed E-state index contributed by atoms with van der Waals surface area (Å²) in [5.41, 5.74) is 7.65. The second kappa shape index (κ2) is 32.1. The fraction of sp³-hybridized carbons (Fsp3) is 0.400. The lowest BCUT2D eigenvalue weighted by molar-refractivity contribution is 0.0730. The molecule has 7 heterocycles. The van der Waals surface area contributed by atoms with E-state index in [0.29, 0.717) is 42.1 Å². The van der Waals surface area contributed by atoms with E-state index in [1.165, 1.54) is 11.1 Å². The number of pyridine rings is 3. The van der Waals surface area contributed by atoms with Crippen LogP contribution in [-0.2, 0) is 6.54 Å². The monoisotopic (exact) mass is 906 g/mol. The number of benzene rings is 1. The van der Waals surface area contributed by atoms with Crippen LogP contribution in [-0.4, -0.2) is 67.1 Å². The fourth-order valence-corrected chi connectivity index (χ4v) is 5.59. The highest BCUT2D eigenvalue weighted by molar-refractivity contribution is 5.97. The maximum absolute atomic E-state index is 11.7. The van der Waals surface area contributed by atoms with Crippen molar-refractivity contribution in [1.29, 1.82) is 0 Å². The van der Waals surface area contributed by atoms with E-state index in [4.69, 9.17) is 0 Å². The average Bonchev–Trinajstić information content (AvgIpc) is 3.70. The van der Waals surface area contributed by atoms with Crippen LogP contribution >= 0.6 is 0 Å². The van der Waals surface area contributed by atoms with Gasteiger partial charge in [-0.15, -0.1) is 5.10 Å². The Morgan fingerprint density at radius 2 is 0.970 bits per heavy atom. The van der Waals surface area contributed by atoms with Gasteiger partial charge in [0.2, 0.25) is 0 Å². The number of amides is 1. The Bertz CT molecular complexity index is 1940. The third-order valence-electron chi connectivity index (χ3n) is 9.80. The lowest BCUT2D eigenvalue weighted by Crippen LogP contribution is -2.30. The Balaban J connectivity index is 0.000000270. The molecule has 6 aromatic heterocycles. The molecule has 0 saturated heterocycles. The van der Waals surface area contributed by atoms with Crippen LogP contribution in [0, 0.1) is 0 Å². The summed E-state index contributed by atoms with van der Waals surface area (Å²) in [6, 6.07) is 28.4. The Morgan fingerprint density at radius 3 is 1.36 bits per heavy atom. The van der Waals surface area contributed by atoms with Gasteiger partial charge >= 0.3 is 0 Å². The van der Waals surface area contributed by atoms with Crippen molar-refractivity contribution in [3.05, 3.63) is 192 Å². The lowest BCUT2D eigenvalue weighted by Gasteiger charge is -2.19. The molecule has 0 N–H and O–H groups in total. The molecule has 12 heteroatoms. The summed E-state index contributed by atoms with van der Waals surface area (Å²) in [5, 5.41) is 15.2. The largest absolute Gasteiger partial charge is 0.330 e. The molecular formula is C55H75N11O. The van der Waals surface area contributed by atoms with Gasteiger partial charge in [0, 0.05) is 73.4 Å². The summed E-state index contributed by atoms with van der Waals surface area (Å²) >= 11 is 0. The molecule has 0 saturated carbocycles. The molecule has 0 spiro atoms. The van der Waals surface area contributed by atoms with E-state index in [-0.39, 0.29) is 11.9 Å². The molecule has 1 amide bonds. The first kappa shape index (κ1) is 56.4. The maximum Gasteiger partial charge on any atom is 0.256 e. The van der Waals surface area contributed by atoms with Crippen molar-refractivity contribution in [2.75, 3.05) is 0 Å². The van der Waals surface area contributed by atoms with Crippen molar-refractivity contribution in [3.63, 3.8) is 0 Å². The third kappa shape index (κ3) is 22.9. The molecule has 0 atom stereocenters. The molecule has 67 heavy (non-hydrogen) atoms. The number of nitrogens with zero attached hydrogens (tertiary/aromatic N) is 11. The summed E-state index contributed by atoms with van der Waals surface area (Å²) in [7, 11) is 0. The van der Waals surface area contributed by atoms with Crippen LogP contribution in [0.2, 0.25) is 0 Å². The first-order valence-electron chi connectivity index (χ1n) is 23.3. The molecule has 0 fully saturated rings. The van der Waals surface area contributed by atoms with E-state index >= 15 is 0 Å². The number of aromatic nitrogens is 10. The molecule has 8 rings (SSSR count). The SMILES string of the molecule is CC(C)N1Cc2ncccc2C1=O.CC(C)c1ccccc1.CC(C)c1ccccn1.CC(C)c1cccnc1.CC(C)c1cccnn1.CC(C)c1cnccn1.CC(C)c1nccnn1. The Labute approximate surface area is 401 Å². The van der Waals surface area contributed by atoms with E-state index < -0.39 is 0 Å². The second-order valence-electron chi connectivity index (χ2n) is 17.7. The smallest absolute Gasteiger partial charge is 0.256 e. The average molecular weight is 906 g/mol.